The maximum atomic E-state index is 12.7. The number of rotatable bonds is 5. The molecule has 1 aliphatic rings. The van der Waals surface area contributed by atoms with Gasteiger partial charge in [0.2, 0.25) is 23.6 Å². The summed E-state index contributed by atoms with van der Waals surface area (Å²) in [5, 5.41) is 35.6. The van der Waals surface area contributed by atoms with Gasteiger partial charge in [-0.15, -0.1) is 0 Å². The van der Waals surface area contributed by atoms with E-state index in [1.165, 1.54) is 14.0 Å². The zero-order chi connectivity index (χ0) is 26.5. The normalized spacial score (nSPS) is 23.9. The van der Waals surface area contributed by atoms with Crippen molar-refractivity contribution in [1.29, 1.82) is 0 Å². The number of aliphatic hydroxyl groups excluding tert-OH is 2. The Hall–Kier alpha value is -3.34. The smallest absolute Gasteiger partial charge is 0.316 e. The van der Waals surface area contributed by atoms with E-state index in [4.69, 9.17) is 14.0 Å². The fourth-order valence-corrected chi connectivity index (χ4v) is 3.14. The number of fused-ring (bicyclic) bond motifs is 2. The number of nitrogens with one attached hydrogen (secondary N) is 5. The van der Waals surface area contributed by atoms with E-state index < -0.39 is 48.0 Å². The van der Waals surface area contributed by atoms with Crippen LogP contribution in [0.4, 0.5) is 4.79 Å². The molecule has 0 saturated carbocycles. The molecule has 7 N–H and O–H groups in total. The summed E-state index contributed by atoms with van der Waals surface area (Å²) in [6, 6.07) is -4.13. The van der Waals surface area contributed by atoms with Crippen LogP contribution >= 0.6 is 0 Å². The highest BCUT2D eigenvalue weighted by Gasteiger charge is 2.30. The van der Waals surface area contributed by atoms with E-state index in [9.17, 15) is 29.4 Å². The summed E-state index contributed by atoms with van der Waals surface area (Å²) in [6.45, 7) is 1.24. The molecule has 2 unspecified atom stereocenters. The van der Waals surface area contributed by atoms with Gasteiger partial charge in [-0.05, 0) is 13.3 Å². The van der Waals surface area contributed by atoms with Crippen LogP contribution in [0.2, 0.25) is 0 Å². The molecule has 5 amide bonds. The molecule has 0 saturated heterocycles. The molecular weight excluding hydrogens is 482 g/mol. The molecule has 1 aliphatic heterocycles. The number of ether oxygens (including phenoxy) is 2. The predicted molar refractivity (Wildman–Crippen MR) is 120 cm³/mol. The number of hydrogen-bond donors (Lipinski definition) is 7. The van der Waals surface area contributed by atoms with Gasteiger partial charge in [-0.2, -0.15) is 4.98 Å². The van der Waals surface area contributed by atoms with Crippen LogP contribution in [0.1, 0.15) is 43.6 Å². The van der Waals surface area contributed by atoms with E-state index in [0.717, 1.165) is 0 Å². The zero-order valence-corrected chi connectivity index (χ0v) is 20.1. The number of carbonyl (C=O) groups is 4. The van der Waals surface area contributed by atoms with Crippen molar-refractivity contribution < 1.29 is 43.4 Å². The monoisotopic (exact) mass is 515 g/mol. The Labute approximate surface area is 206 Å². The van der Waals surface area contributed by atoms with E-state index in [0.29, 0.717) is 0 Å². The Morgan fingerprint density at radius 1 is 1.14 bits per heavy atom. The maximum absolute atomic E-state index is 12.7. The molecule has 1 aromatic heterocycles. The summed E-state index contributed by atoms with van der Waals surface area (Å²) in [6.07, 6.45) is -1.47. The van der Waals surface area contributed by atoms with Crippen molar-refractivity contribution in [3.05, 3.63) is 11.7 Å². The Morgan fingerprint density at radius 3 is 2.58 bits per heavy atom. The Balaban J connectivity index is 2.30. The Kier molecular flexibility index (Phi) is 12.0. The van der Waals surface area contributed by atoms with Crippen LogP contribution < -0.4 is 26.6 Å². The molecule has 0 fully saturated rings. The first-order valence-corrected chi connectivity index (χ1v) is 11.4. The topological polar surface area (TPSA) is 226 Å². The van der Waals surface area contributed by atoms with Crippen molar-refractivity contribution in [3.8, 4) is 0 Å². The molecule has 1 aromatic rings. The summed E-state index contributed by atoms with van der Waals surface area (Å²) in [7, 11) is 1.40. The van der Waals surface area contributed by atoms with Crippen LogP contribution in [-0.2, 0) is 23.9 Å². The second-order valence-corrected chi connectivity index (χ2v) is 7.85. The summed E-state index contributed by atoms with van der Waals surface area (Å²) in [5.74, 6) is -1.75. The van der Waals surface area contributed by atoms with E-state index in [1.54, 1.807) is 0 Å². The van der Waals surface area contributed by atoms with Gasteiger partial charge in [0, 0.05) is 20.2 Å². The highest BCUT2D eigenvalue weighted by molar-refractivity contribution is 5.88. The lowest BCUT2D eigenvalue weighted by Gasteiger charge is -2.22. The minimum absolute atomic E-state index is 0.00971. The molecule has 0 radical (unpaired) electrons. The summed E-state index contributed by atoms with van der Waals surface area (Å²) >= 11 is 0. The van der Waals surface area contributed by atoms with Crippen molar-refractivity contribution in [2.75, 3.05) is 46.6 Å². The van der Waals surface area contributed by atoms with Gasteiger partial charge >= 0.3 is 6.03 Å². The molecule has 0 aromatic carbocycles. The van der Waals surface area contributed by atoms with E-state index in [2.05, 4.69) is 36.7 Å². The van der Waals surface area contributed by atoms with Gasteiger partial charge < -0.3 is 50.8 Å². The fraction of sp³-hybridized carbons (Fsp3) is 0.700. The number of hydrogen-bond acceptors (Lipinski definition) is 11. The fourth-order valence-electron chi connectivity index (χ4n) is 3.14. The third-order valence-electron chi connectivity index (χ3n) is 5.00. The molecule has 0 aliphatic carbocycles. The van der Waals surface area contributed by atoms with Crippen LogP contribution in [0, 0.1) is 0 Å². The lowest BCUT2D eigenvalue weighted by molar-refractivity contribution is -0.127. The van der Waals surface area contributed by atoms with E-state index >= 15 is 0 Å². The zero-order valence-electron chi connectivity index (χ0n) is 20.1. The van der Waals surface area contributed by atoms with Gasteiger partial charge in [-0.25, -0.2) is 4.79 Å². The number of amides is 5. The van der Waals surface area contributed by atoms with E-state index in [-0.39, 0.29) is 64.1 Å². The number of nitrogens with zero attached hydrogens (tertiary/aromatic N) is 2. The summed E-state index contributed by atoms with van der Waals surface area (Å²) < 4.78 is 15.8. The van der Waals surface area contributed by atoms with Crippen LogP contribution in [-0.4, -0.2) is 103 Å². The van der Waals surface area contributed by atoms with E-state index in [1.807, 2.05) is 0 Å². The summed E-state index contributed by atoms with van der Waals surface area (Å²) in [4.78, 5) is 53.6. The van der Waals surface area contributed by atoms with Crippen LogP contribution in [0.3, 0.4) is 0 Å². The standard InChI is InChI=1S/C20H33N7O9/c1-11(29)16-18(32)22-4-6-34-7-8-35-10-15(31)23-12(3-5-28)17-26-19(36-27-17)13(9-14(30)21-2)24-20(33)25-16/h11-13,16,28-29H,3-10H2,1-2H3,(H,21,30)(H,22,32)(H,23,31)(H2,24,25,33)/t11?,12-,13-,16?/m0/s1. The largest absolute Gasteiger partial charge is 0.396 e. The second kappa shape index (κ2) is 14.9. The Morgan fingerprint density at radius 2 is 1.89 bits per heavy atom. The minimum Gasteiger partial charge on any atom is -0.396 e. The molecule has 0 spiro atoms. The molecular formula is C20H33N7O9. The molecule has 2 heterocycles. The summed E-state index contributed by atoms with van der Waals surface area (Å²) in [5.41, 5.74) is 0. The van der Waals surface area contributed by atoms with Gasteiger partial charge in [-0.3, -0.25) is 14.4 Å². The van der Waals surface area contributed by atoms with Crippen molar-refractivity contribution >= 4 is 23.8 Å². The van der Waals surface area contributed by atoms with Crippen LogP contribution in [0.25, 0.3) is 0 Å². The lowest BCUT2D eigenvalue weighted by atomic mass is 10.1. The minimum atomic E-state index is -1.30. The van der Waals surface area contributed by atoms with Gasteiger partial charge in [0.25, 0.3) is 0 Å². The lowest BCUT2D eigenvalue weighted by Crippen LogP contribution is -2.55. The van der Waals surface area contributed by atoms with Crippen LogP contribution in [0.5, 0.6) is 0 Å². The highest BCUT2D eigenvalue weighted by atomic mass is 16.5. The second-order valence-electron chi connectivity index (χ2n) is 7.85. The molecule has 16 nitrogen and oxygen atoms in total. The third-order valence-corrected chi connectivity index (χ3v) is 5.00. The van der Waals surface area contributed by atoms with Gasteiger partial charge in [-0.1, -0.05) is 5.16 Å². The van der Waals surface area contributed by atoms with Crippen molar-refractivity contribution in [3.63, 3.8) is 0 Å². The molecule has 36 heavy (non-hydrogen) atoms. The maximum Gasteiger partial charge on any atom is 0.316 e. The predicted octanol–water partition coefficient (Wildman–Crippen LogP) is -3.00. The first kappa shape index (κ1) is 28.9. The number of urea groups is 1. The van der Waals surface area contributed by atoms with Gasteiger partial charge in [0.05, 0.1) is 38.4 Å². The van der Waals surface area contributed by atoms with Gasteiger partial charge in [0.1, 0.15) is 18.7 Å². The quantitative estimate of drug-likeness (QED) is 0.209. The van der Waals surface area contributed by atoms with Crippen molar-refractivity contribution in [2.45, 2.75) is 44.0 Å². The average molecular weight is 516 g/mol. The van der Waals surface area contributed by atoms with Crippen LogP contribution in [0.15, 0.2) is 4.52 Å². The number of carbonyl (C=O) groups excluding carboxylic acids is 4. The first-order valence-electron chi connectivity index (χ1n) is 11.4. The SMILES string of the molecule is CNC(=O)C[C@@H]1NC(=O)NC(C(C)O)C(=O)NCCOCCOCC(=O)N[C@@H](CCO)c2noc1n2. The third kappa shape index (κ3) is 9.37. The first-order chi connectivity index (χ1) is 17.2. The van der Waals surface area contributed by atoms with Crippen molar-refractivity contribution in [2.24, 2.45) is 0 Å². The van der Waals surface area contributed by atoms with Crippen molar-refractivity contribution in [1.82, 2.24) is 36.7 Å². The number of aromatic nitrogens is 2. The van der Waals surface area contributed by atoms with Gasteiger partial charge in [0.15, 0.2) is 5.82 Å². The highest BCUT2D eigenvalue weighted by Crippen LogP contribution is 2.19. The number of aliphatic hydroxyl groups is 2. The molecule has 16 heteroatoms. The average Bonchev–Trinajstić information content (AvgIpc) is 3.32. The Bertz CT molecular complexity index is 879. The molecule has 202 valence electrons. The molecule has 2 rings (SSSR count). The molecule has 4 atom stereocenters. The molecule has 2 bridgehead atoms.